The molecule has 51 heavy (non-hydrogen) atoms. The van der Waals surface area contributed by atoms with Crippen LogP contribution in [0.2, 0.25) is 0 Å². The lowest BCUT2D eigenvalue weighted by atomic mass is 9.91. The third-order valence-electron chi connectivity index (χ3n) is 8.20. The number of benzene rings is 2. The number of nitrogens with one attached hydrogen (secondary N) is 1. The van der Waals surface area contributed by atoms with Crippen molar-refractivity contribution >= 4 is 43.7 Å². The van der Waals surface area contributed by atoms with E-state index in [1.54, 1.807) is 19.1 Å². The number of hydrogen-bond acceptors (Lipinski definition) is 8. The van der Waals surface area contributed by atoms with Gasteiger partial charge in [-0.2, -0.15) is 26.3 Å². The number of nitrogens with zero attached hydrogens (tertiary/aromatic N) is 4. The first-order valence-electron chi connectivity index (χ1n) is 15.1. The van der Waals surface area contributed by atoms with Crippen molar-refractivity contribution in [2.24, 2.45) is 5.73 Å². The van der Waals surface area contributed by atoms with Gasteiger partial charge in [0.2, 0.25) is 5.95 Å². The number of carboxylic acids is 1. The topological polar surface area (TPSA) is 153 Å². The van der Waals surface area contributed by atoms with E-state index < -0.39 is 46.0 Å². The van der Waals surface area contributed by atoms with Crippen molar-refractivity contribution in [3.05, 3.63) is 77.9 Å². The molecule has 0 unspecified atom stereocenters. The summed E-state index contributed by atoms with van der Waals surface area (Å²) in [7, 11) is -4.39. The van der Waals surface area contributed by atoms with E-state index in [1.807, 2.05) is 0 Å². The number of nitrogens with two attached hydrogens (primary N) is 1. The Bertz CT molecular complexity index is 2190. The van der Waals surface area contributed by atoms with E-state index in [2.05, 4.69) is 20.3 Å². The highest BCUT2D eigenvalue weighted by atomic mass is 32.2. The van der Waals surface area contributed by atoms with Gasteiger partial charge in [0.25, 0.3) is 16.4 Å². The van der Waals surface area contributed by atoms with Crippen molar-refractivity contribution in [2.45, 2.75) is 68.4 Å². The lowest BCUT2D eigenvalue weighted by molar-refractivity contribution is -0.192. The van der Waals surface area contributed by atoms with Crippen LogP contribution in [0, 0.1) is 6.92 Å². The quantitative estimate of drug-likeness (QED) is 0.150. The number of alkyl halides is 8. The van der Waals surface area contributed by atoms with Gasteiger partial charge in [-0.3, -0.25) is 4.98 Å². The summed E-state index contributed by atoms with van der Waals surface area (Å²) < 4.78 is 129. The smallest absolute Gasteiger partial charge is 0.475 e. The Hall–Kier alpha value is -4.91. The molecule has 0 saturated heterocycles. The van der Waals surface area contributed by atoms with Gasteiger partial charge in [0.15, 0.2) is 0 Å². The molecule has 2 atom stereocenters. The van der Waals surface area contributed by atoms with E-state index in [-0.39, 0.29) is 55.9 Å². The van der Waals surface area contributed by atoms with Gasteiger partial charge in [-0.15, -0.1) is 0 Å². The molecule has 0 amide bonds. The standard InChI is InChI=1S/C30H27F5N6O2S.C2HF3O2/c1-16-6-9-18(10-7-16)44(42,43)41-15-22(19-11-8-17(12-25(19)41)30(33,34)35)20-13-37-27(28(31)32)21-14-38-29(40-26(20)21)39-24-5-3-2-4-23(24)36;3-2(4,5)1(6)7/h6-15,23-24,28H,2-5,36H2,1H3,(H,38,39,40);(H,6,7)/t23-,24+;/m0./s1. The van der Waals surface area contributed by atoms with Crippen molar-refractivity contribution < 1.29 is 53.4 Å². The molecule has 3 aromatic heterocycles. The highest BCUT2D eigenvalue weighted by Gasteiger charge is 2.38. The minimum absolute atomic E-state index is 0.0314. The van der Waals surface area contributed by atoms with Crippen LogP contribution in [0.5, 0.6) is 0 Å². The molecule has 6 rings (SSSR count). The molecule has 272 valence electrons. The van der Waals surface area contributed by atoms with Gasteiger partial charge >= 0.3 is 18.3 Å². The second-order valence-corrected chi connectivity index (χ2v) is 13.5. The van der Waals surface area contributed by atoms with Crippen LogP contribution in [0.4, 0.5) is 41.1 Å². The zero-order chi connectivity index (χ0) is 37.5. The van der Waals surface area contributed by atoms with Gasteiger partial charge in [-0.25, -0.2) is 35.9 Å². The maximum atomic E-state index is 14.0. The number of carbonyl (C=O) groups is 1. The second-order valence-electron chi connectivity index (χ2n) is 11.7. The van der Waals surface area contributed by atoms with E-state index in [0.29, 0.717) is 0 Å². The minimum atomic E-state index is -5.08. The zero-order valence-corrected chi connectivity index (χ0v) is 27.1. The van der Waals surface area contributed by atoms with Crippen LogP contribution in [0.3, 0.4) is 0 Å². The van der Waals surface area contributed by atoms with Crippen molar-refractivity contribution in [3.63, 3.8) is 0 Å². The van der Waals surface area contributed by atoms with Crippen LogP contribution in [0.25, 0.3) is 32.9 Å². The summed E-state index contributed by atoms with van der Waals surface area (Å²) in [5.41, 5.74) is 5.48. The molecule has 1 aliphatic rings. The summed E-state index contributed by atoms with van der Waals surface area (Å²) >= 11 is 0. The monoisotopic (exact) mass is 744 g/mol. The molecule has 0 bridgehead atoms. The number of pyridine rings is 1. The Morgan fingerprint density at radius 2 is 1.61 bits per heavy atom. The van der Waals surface area contributed by atoms with E-state index in [9.17, 15) is 43.5 Å². The Balaban J connectivity index is 0.000000654. The molecular weight excluding hydrogens is 716 g/mol. The predicted octanol–water partition coefficient (Wildman–Crippen LogP) is 7.46. The average molecular weight is 745 g/mol. The van der Waals surface area contributed by atoms with Crippen molar-refractivity contribution in [1.29, 1.82) is 0 Å². The Labute approximate surface area is 284 Å². The van der Waals surface area contributed by atoms with Crippen LogP contribution >= 0.6 is 0 Å². The number of aromatic nitrogens is 4. The minimum Gasteiger partial charge on any atom is -0.475 e. The van der Waals surface area contributed by atoms with Crippen LogP contribution in [-0.2, 0) is 21.0 Å². The normalized spacial score (nSPS) is 17.0. The fraction of sp³-hybridized carbons (Fsp3) is 0.312. The van der Waals surface area contributed by atoms with E-state index in [4.69, 9.17) is 15.6 Å². The number of fused-ring (bicyclic) bond motifs is 2. The third kappa shape index (κ3) is 7.88. The first-order valence-corrected chi connectivity index (χ1v) is 16.5. The lowest BCUT2D eigenvalue weighted by Crippen LogP contribution is -2.42. The van der Waals surface area contributed by atoms with E-state index in [1.165, 1.54) is 24.5 Å². The zero-order valence-electron chi connectivity index (χ0n) is 26.3. The summed E-state index contributed by atoms with van der Waals surface area (Å²) in [4.78, 5) is 21.5. The maximum Gasteiger partial charge on any atom is 0.490 e. The molecule has 10 nitrogen and oxygen atoms in total. The predicted molar refractivity (Wildman–Crippen MR) is 170 cm³/mol. The average Bonchev–Trinajstić information content (AvgIpc) is 3.44. The Kier molecular flexibility index (Phi) is 10.3. The summed E-state index contributed by atoms with van der Waals surface area (Å²) in [6.07, 6.45) is -5.81. The van der Waals surface area contributed by atoms with Gasteiger partial charge in [0, 0.05) is 52.6 Å². The molecule has 0 spiro atoms. The lowest BCUT2D eigenvalue weighted by Gasteiger charge is -2.29. The fourth-order valence-corrected chi connectivity index (χ4v) is 6.96. The SMILES string of the molecule is Cc1ccc(S(=O)(=O)n2cc(-c3cnc(C(F)F)c4cnc(N[C@@H]5CCCC[C@@H]5N)nc34)c3ccc(C(F)(F)F)cc32)cc1.O=C(O)C(F)(F)F. The summed E-state index contributed by atoms with van der Waals surface area (Å²) in [6, 6.07) is 8.30. The summed E-state index contributed by atoms with van der Waals surface area (Å²) in [5, 5.41) is 10.4. The molecule has 0 aliphatic heterocycles. The van der Waals surface area contributed by atoms with Gasteiger partial charge in [-0.1, -0.05) is 36.6 Å². The van der Waals surface area contributed by atoms with Gasteiger partial charge < -0.3 is 16.2 Å². The van der Waals surface area contributed by atoms with Crippen molar-refractivity contribution in [1.82, 2.24) is 18.9 Å². The molecule has 3 heterocycles. The van der Waals surface area contributed by atoms with Crippen molar-refractivity contribution in [2.75, 3.05) is 5.32 Å². The highest BCUT2D eigenvalue weighted by molar-refractivity contribution is 7.90. The molecule has 5 aromatic rings. The number of hydrogen-bond donors (Lipinski definition) is 3. The number of aliphatic carboxylic acids is 1. The summed E-state index contributed by atoms with van der Waals surface area (Å²) in [5.74, 6) is -2.63. The number of rotatable bonds is 6. The van der Waals surface area contributed by atoms with Gasteiger partial charge in [-0.05, 0) is 44.0 Å². The van der Waals surface area contributed by atoms with Crippen LogP contribution in [-0.4, -0.2) is 56.7 Å². The van der Waals surface area contributed by atoms with Crippen molar-refractivity contribution in [3.8, 4) is 11.1 Å². The number of anilines is 1. The summed E-state index contributed by atoms with van der Waals surface area (Å²) in [6.45, 7) is 1.77. The maximum absolute atomic E-state index is 14.0. The van der Waals surface area contributed by atoms with Gasteiger partial charge in [0.05, 0.1) is 21.5 Å². The molecule has 1 fully saturated rings. The van der Waals surface area contributed by atoms with Crippen LogP contribution in [0.1, 0.15) is 48.9 Å². The third-order valence-corrected chi connectivity index (χ3v) is 9.89. The molecule has 2 aromatic carbocycles. The number of halogens is 8. The van der Waals surface area contributed by atoms with E-state index in [0.717, 1.165) is 59.6 Å². The Morgan fingerprint density at radius 1 is 0.961 bits per heavy atom. The second kappa shape index (κ2) is 14.0. The highest BCUT2D eigenvalue weighted by Crippen LogP contribution is 2.40. The first-order chi connectivity index (χ1) is 23.8. The van der Waals surface area contributed by atoms with Crippen LogP contribution < -0.4 is 11.1 Å². The molecule has 1 aliphatic carbocycles. The largest absolute Gasteiger partial charge is 0.490 e. The molecule has 1 saturated carbocycles. The molecule has 0 radical (unpaired) electrons. The van der Waals surface area contributed by atoms with Gasteiger partial charge in [0.1, 0.15) is 5.69 Å². The Morgan fingerprint density at radius 3 is 2.20 bits per heavy atom. The van der Waals surface area contributed by atoms with Crippen LogP contribution in [0.15, 0.2) is 66.0 Å². The molecular formula is C32H28F8N6O4S. The fourth-order valence-electron chi connectivity index (χ4n) is 5.60. The number of aryl methyl sites for hydroxylation is 1. The first kappa shape index (κ1) is 37.3. The molecule has 19 heteroatoms. The number of carboxylic acid groups (broad SMARTS) is 1. The molecule has 4 N–H and O–H groups in total. The van der Waals surface area contributed by atoms with E-state index >= 15 is 0 Å².